The van der Waals surface area contributed by atoms with Gasteiger partial charge in [-0.3, -0.25) is 0 Å². The van der Waals surface area contributed by atoms with Gasteiger partial charge in [0.25, 0.3) is 5.22 Å². The van der Waals surface area contributed by atoms with Crippen LogP contribution in [0.2, 0.25) is 0 Å². The zero-order valence-electron chi connectivity index (χ0n) is 16.4. The summed E-state index contributed by atoms with van der Waals surface area (Å²) in [4.78, 5) is 4.72. The van der Waals surface area contributed by atoms with Crippen LogP contribution in [-0.2, 0) is 22.0 Å². The summed E-state index contributed by atoms with van der Waals surface area (Å²) in [7, 11) is -2.88. The van der Waals surface area contributed by atoms with E-state index < -0.39 is 9.84 Å². The van der Waals surface area contributed by atoms with Gasteiger partial charge in [0.2, 0.25) is 5.89 Å². The van der Waals surface area contributed by atoms with Crippen LogP contribution in [0, 0.1) is 5.92 Å². The van der Waals surface area contributed by atoms with Gasteiger partial charge in [-0.05, 0) is 23.8 Å². The molecule has 3 aromatic rings. The van der Waals surface area contributed by atoms with Crippen LogP contribution in [0.25, 0.3) is 10.6 Å². The fourth-order valence-electron chi connectivity index (χ4n) is 3.31. The molecule has 1 atom stereocenters. The molecular weight excluding hydrogens is 426 g/mol. The molecule has 0 bridgehead atoms. The maximum atomic E-state index is 11.6. The summed E-state index contributed by atoms with van der Waals surface area (Å²) in [6.45, 7) is 4.37. The summed E-state index contributed by atoms with van der Waals surface area (Å²) in [6.07, 6.45) is 1.20. The molecule has 1 saturated heterocycles. The first-order valence-corrected chi connectivity index (χ1v) is 13.3. The van der Waals surface area contributed by atoms with Crippen LogP contribution in [0.15, 0.2) is 39.3 Å². The molecule has 4 rings (SSSR count). The van der Waals surface area contributed by atoms with Gasteiger partial charge in [0.05, 0.1) is 17.2 Å². The van der Waals surface area contributed by atoms with Gasteiger partial charge in [0, 0.05) is 23.1 Å². The Hall–Kier alpha value is -1.71. The van der Waals surface area contributed by atoms with E-state index in [4.69, 9.17) is 9.40 Å². The highest BCUT2D eigenvalue weighted by atomic mass is 32.2. The summed E-state index contributed by atoms with van der Waals surface area (Å²) in [5, 5.41) is 11.7. The van der Waals surface area contributed by atoms with Crippen molar-refractivity contribution in [3.63, 3.8) is 0 Å². The molecule has 1 aliphatic heterocycles. The molecule has 0 saturated carbocycles. The van der Waals surface area contributed by atoms with Gasteiger partial charge in [0.15, 0.2) is 9.84 Å². The molecule has 1 aromatic carbocycles. The summed E-state index contributed by atoms with van der Waals surface area (Å²) < 4.78 is 28.8. The lowest BCUT2D eigenvalue weighted by Gasteiger charge is -2.05. The number of hydrogen-bond donors (Lipinski definition) is 0. The molecule has 154 valence electrons. The Bertz CT molecular complexity index is 1070. The monoisotopic (exact) mass is 449 g/mol. The zero-order valence-corrected chi connectivity index (χ0v) is 18.8. The van der Waals surface area contributed by atoms with Crippen LogP contribution >= 0.6 is 23.1 Å². The van der Waals surface area contributed by atoms with E-state index in [2.05, 4.69) is 53.7 Å². The standard InChI is InChI=1S/C20H23N3O3S3/c1-13(2)15-3-5-16(6-4-15)19-21-17(10-27-19)11-28-20-23-22-18(26-20)9-14-7-8-29(24,25)12-14/h3-6,10,13-14H,7-9,11-12H2,1-2H3/t14-/m0/s1. The van der Waals surface area contributed by atoms with E-state index in [-0.39, 0.29) is 17.4 Å². The first kappa shape index (κ1) is 20.6. The predicted octanol–water partition coefficient (Wildman–Crippen LogP) is 4.59. The molecule has 0 unspecified atom stereocenters. The van der Waals surface area contributed by atoms with Gasteiger partial charge in [0.1, 0.15) is 5.01 Å². The van der Waals surface area contributed by atoms with Gasteiger partial charge in [-0.15, -0.1) is 21.5 Å². The Labute approximate surface area is 179 Å². The topological polar surface area (TPSA) is 86.0 Å². The molecule has 0 aliphatic carbocycles. The summed E-state index contributed by atoms with van der Waals surface area (Å²) in [6, 6.07) is 8.56. The quantitative estimate of drug-likeness (QED) is 0.488. The van der Waals surface area contributed by atoms with E-state index in [0.29, 0.717) is 35.6 Å². The lowest BCUT2D eigenvalue weighted by molar-refractivity contribution is 0.389. The minimum atomic E-state index is -2.88. The molecule has 0 spiro atoms. The van der Waals surface area contributed by atoms with E-state index in [0.717, 1.165) is 16.3 Å². The third kappa shape index (κ3) is 5.26. The van der Waals surface area contributed by atoms with Gasteiger partial charge in [-0.25, -0.2) is 13.4 Å². The molecule has 9 heteroatoms. The second-order valence-electron chi connectivity index (χ2n) is 7.64. The van der Waals surface area contributed by atoms with Crippen molar-refractivity contribution in [2.45, 2.75) is 43.6 Å². The van der Waals surface area contributed by atoms with E-state index >= 15 is 0 Å². The molecule has 1 aliphatic rings. The molecular formula is C20H23N3O3S3. The second kappa shape index (κ2) is 8.57. The Balaban J connectivity index is 1.33. The lowest BCUT2D eigenvalue weighted by atomic mass is 10.0. The van der Waals surface area contributed by atoms with Crippen LogP contribution in [0.1, 0.15) is 43.3 Å². The third-order valence-corrected chi connectivity index (χ3v) is 8.59. The molecule has 0 amide bonds. The number of rotatable bonds is 7. The number of hydrogen-bond acceptors (Lipinski definition) is 8. The molecule has 0 N–H and O–H groups in total. The Morgan fingerprint density at radius 1 is 1.24 bits per heavy atom. The zero-order chi connectivity index (χ0) is 20.4. The van der Waals surface area contributed by atoms with Crippen molar-refractivity contribution in [3.05, 3.63) is 46.8 Å². The molecule has 2 aromatic heterocycles. The summed E-state index contributed by atoms with van der Waals surface area (Å²) in [5.74, 6) is 2.25. The van der Waals surface area contributed by atoms with Crippen molar-refractivity contribution in [1.82, 2.24) is 15.2 Å². The van der Waals surface area contributed by atoms with Crippen LogP contribution in [0.4, 0.5) is 0 Å². The summed E-state index contributed by atoms with van der Waals surface area (Å²) >= 11 is 3.08. The van der Waals surface area contributed by atoms with Crippen LogP contribution in [0.3, 0.4) is 0 Å². The largest absolute Gasteiger partial charge is 0.416 e. The lowest BCUT2D eigenvalue weighted by Crippen LogP contribution is -2.07. The average Bonchev–Trinajstić information content (AvgIpc) is 3.41. The molecule has 29 heavy (non-hydrogen) atoms. The van der Waals surface area contributed by atoms with Crippen molar-refractivity contribution in [2.24, 2.45) is 5.92 Å². The highest BCUT2D eigenvalue weighted by molar-refractivity contribution is 7.98. The molecule has 1 fully saturated rings. The number of nitrogens with zero attached hydrogens (tertiary/aromatic N) is 3. The first-order valence-electron chi connectivity index (χ1n) is 9.58. The van der Waals surface area contributed by atoms with Crippen molar-refractivity contribution in [3.8, 4) is 10.6 Å². The fraction of sp³-hybridized carbons (Fsp3) is 0.450. The normalized spacial score (nSPS) is 18.5. The van der Waals surface area contributed by atoms with Crippen molar-refractivity contribution < 1.29 is 12.8 Å². The maximum absolute atomic E-state index is 11.6. The van der Waals surface area contributed by atoms with E-state index in [1.165, 1.54) is 17.3 Å². The Kier molecular flexibility index (Phi) is 6.08. The van der Waals surface area contributed by atoms with Gasteiger partial charge >= 0.3 is 0 Å². The maximum Gasteiger partial charge on any atom is 0.276 e. The van der Waals surface area contributed by atoms with Gasteiger partial charge < -0.3 is 4.42 Å². The first-order chi connectivity index (χ1) is 13.9. The van der Waals surface area contributed by atoms with Gasteiger partial charge in [-0.1, -0.05) is 49.9 Å². The van der Waals surface area contributed by atoms with E-state index in [1.54, 1.807) is 11.3 Å². The minimum absolute atomic E-state index is 0.0847. The van der Waals surface area contributed by atoms with Crippen LogP contribution < -0.4 is 0 Å². The highest BCUT2D eigenvalue weighted by Crippen LogP contribution is 2.29. The van der Waals surface area contributed by atoms with Gasteiger partial charge in [-0.2, -0.15) is 0 Å². The number of thiazole rings is 1. The Morgan fingerprint density at radius 3 is 2.72 bits per heavy atom. The highest BCUT2D eigenvalue weighted by Gasteiger charge is 2.29. The smallest absolute Gasteiger partial charge is 0.276 e. The van der Waals surface area contributed by atoms with Crippen LogP contribution in [0.5, 0.6) is 0 Å². The van der Waals surface area contributed by atoms with Crippen LogP contribution in [-0.4, -0.2) is 35.1 Å². The number of thioether (sulfide) groups is 1. The van der Waals surface area contributed by atoms with Crippen molar-refractivity contribution >= 4 is 32.9 Å². The molecule has 0 radical (unpaired) electrons. The molecule has 3 heterocycles. The van der Waals surface area contributed by atoms with E-state index in [1.807, 2.05) is 0 Å². The second-order valence-corrected chi connectivity index (χ2v) is 11.7. The Morgan fingerprint density at radius 2 is 2.03 bits per heavy atom. The number of aromatic nitrogens is 3. The predicted molar refractivity (Wildman–Crippen MR) is 116 cm³/mol. The van der Waals surface area contributed by atoms with E-state index in [9.17, 15) is 8.42 Å². The number of sulfone groups is 1. The SMILES string of the molecule is CC(C)c1ccc(-c2nc(CSc3nnc(C[C@@H]4CCS(=O)(=O)C4)o3)cs2)cc1. The van der Waals surface area contributed by atoms with Crippen molar-refractivity contribution in [1.29, 1.82) is 0 Å². The number of benzene rings is 1. The summed E-state index contributed by atoms with van der Waals surface area (Å²) in [5.41, 5.74) is 3.43. The minimum Gasteiger partial charge on any atom is -0.416 e. The molecule has 6 nitrogen and oxygen atoms in total. The van der Waals surface area contributed by atoms with Crippen molar-refractivity contribution in [2.75, 3.05) is 11.5 Å². The average molecular weight is 450 g/mol. The third-order valence-electron chi connectivity index (χ3n) is 4.96. The fourth-order valence-corrected chi connectivity index (χ4v) is 6.78.